The minimum atomic E-state index is -0.485. The molecule has 2 aromatic heterocycles. The van der Waals surface area contributed by atoms with Crippen LogP contribution >= 0.6 is 22.9 Å². The van der Waals surface area contributed by atoms with Crippen LogP contribution in [-0.2, 0) is 0 Å². The Labute approximate surface area is 186 Å². The molecular weight excluding hydrogens is 438 g/mol. The average Bonchev–Trinajstić information content (AvgIpc) is 3.43. The topological polar surface area (TPSA) is 103 Å². The lowest BCUT2D eigenvalue weighted by Crippen LogP contribution is -2.29. The van der Waals surface area contributed by atoms with Crippen LogP contribution in [0.4, 0.5) is 5.69 Å². The standard InChI is InChI=1S/C21H16ClN5O3S/c1-13-19(24-25-26(13)16-4-2-5-17(12-16)27(29)30)21(28)23-20(18-6-3-11-31-18)14-7-9-15(22)10-8-14/h2-12,20H,1H3,(H,23,28). The number of aromatic nitrogens is 3. The summed E-state index contributed by atoms with van der Waals surface area (Å²) in [6.45, 7) is 1.69. The van der Waals surface area contributed by atoms with Gasteiger partial charge in [-0.15, -0.1) is 16.4 Å². The predicted molar refractivity (Wildman–Crippen MR) is 118 cm³/mol. The van der Waals surface area contributed by atoms with Crippen LogP contribution in [0.2, 0.25) is 5.02 Å². The van der Waals surface area contributed by atoms with Crippen LogP contribution in [0.1, 0.15) is 32.7 Å². The summed E-state index contributed by atoms with van der Waals surface area (Å²) in [7, 11) is 0. The highest BCUT2D eigenvalue weighted by Crippen LogP contribution is 2.28. The van der Waals surface area contributed by atoms with E-state index in [0.717, 1.165) is 10.4 Å². The molecule has 1 N–H and O–H groups in total. The van der Waals surface area contributed by atoms with Gasteiger partial charge in [0.05, 0.1) is 22.3 Å². The summed E-state index contributed by atoms with van der Waals surface area (Å²) in [5.41, 5.74) is 1.87. The number of rotatable bonds is 6. The molecule has 0 spiro atoms. The maximum atomic E-state index is 13.1. The van der Waals surface area contributed by atoms with Crippen LogP contribution in [-0.4, -0.2) is 25.8 Å². The number of non-ortho nitro benzene ring substituents is 1. The first-order valence-electron chi connectivity index (χ1n) is 9.21. The molecule has 156 valence electrons. The number of hydrogen-bond acceptors (Lipinski definition) is 6. The van der Waals surface area contributed by atoms with Gasteiger partial charge in [0.15, 0.2) is 5.69 Å². The van der Waals surface area contributed by atoms with Crippen LogP contribution < -0.4 is 5.32 Å². The van der Waals surface area contributed by atoms with Gasteiger partial charge in [0, 0.05) is 22.0 Å². The van der Waals surface area contributed by atoms with E-state index in [1.807, 2.05) is 29.6 Å². The highest BCUT2D eigenvalue weighted by Gasteiger charge is 2.23. The Morgan fingerprint density at radius 2 is 1.97 bits per heavy atom. The summed E-state index contributed by atoms with van der Waals surface area (Å²) in [6, 6.07) is 16.7. The number of carbonyl (C=O) groups excluding carboxylic acids is 1. The van der Waals surface area contributed by atoms with Gasteiger partial charge in [-0.25, -0.2) is 4.68 Å². The monoisotopic (exact) mass is 453 g/mol. The minimum absolute atomic E-state index is 0.0705. The number of halogens is 1. The molecule has 4 rings (SSSR count). The molecule has 0 aliphatic heterocycles. The lowest BCUT2D eigenvalue weighted by Gasteiger charge is -2.18. The first-order valence-corrected chi connectivity index (χ1v) is 10.5. The number of carbonyl (C=O) groups is 1. The fourth-order valence-corrected chi connectivity index (χ4v) is 4.08. The Balaban J connectivity index is 1.64. The molecule has 0 fully saturated rings. The molecule has 2 heterocycles. The molecule has 0 aliphatic carbocycles. The maximum absolute atomic E-state index is 13.1. The number of nitro groups is 1. The third kappa shape index (κ3) is 4.32. The van der Waals surface area contributed by atoms with Gasteiger partial charge in [-0.05, 0) is 42.1 Å². The van der Waals surface area contributed by atoms with Gasteiger partial charge in [0.2, 0.25) is 0 Å². The summed E-state index contributed by atoms with van der Waals surface area (Å²) < 4.78 is 1.41. The number of hydrogen-bond donors (Lipinski definition) is 1. The fraction of sp³-hybridized carbons (Fsp3) is 0.0952. The highest BCUT2D eigenvalue weighted by atomic mass is 35.5. The quantitative estimate of drug-likeness (QED) is 0.336. The van der Waals surface area contributed by atoms with Gasteiger partial charge in [0.25, 0.3) is 11.6 Å². The Kier molecular flexibility index (Phi) is 5.79. The largest absolute Gasteiger partial charge is 0.339 e. The zero-order chi connectivity index (χ0) is 22.0. The van der Waals surface area contributed by atoms with E-state index in [2.05, 4.69) is 15.6 Å². The lowest BCUT2D eigenvalue weighted by atomic mass is 10.1. The van der Waals surface area contributed by atoms with E-state index >= 15 is 0 Å². The molecule has 0 aliphatic rings. The third-order valence-electron chi connectivity index (χ3n) is 4.70. The van der Waals surface area contributed by atoms with E-state index < -0.39 is 10.8 Å². The molecule has 1 atom stereocenters. The smallest absolute Gasteiger partial charge is 0.274 e. The van der Waals surface area contributed by atoms with Crippen LogP contribution in [0.25, 0.3) is 5.69 Å². The summed E-state index contributed by atoms with van der Waals surface area (Å²) in [5, 5.41) is 24.7. The molecule has 10 heteroatoms. The highest BCUT2D eigenvalue weighted by molar-refractivity contribution is 7.10. The van der Waals surface area contributed by atoms with E-state index in [4.69, 9.17) is 11.6 Å². The van der Waals surface area contributed by atoms with Crippen molar-refractivity contribution in [2.75, 3.05) is 0 Å². The molecule has 0 radical (unpaired) electrons. The van der Waals surface area contributed by atoms with Crippen molar-refractivity contribution in [1.82, 2.24) is 20.3 Å². The number of benzene rings is 2. The second kappa shape index (κ2) is 8.66. The number of nitro benzene ring substituents is 1. The first kappa shape index (κ1) is 20.7. The molecule has 8 nitrogen and oxygen atoms in total. The predicted octanol–water partition coefficient (Wildman–Crippen LogP) is 4.72. The normalized spacial score (nSPS) is 11.8. The fourth-order valence-electron chi connectivity index (χ4n) is 3.15. The molecule has 31 heavy (non-hydrogen) atoms. The molecular formula is C21H16ClN5O3S. The Hall–Kier alpha value is -3.56. The number of nitrogens with zero attached hydrogens (tertiary/aromatic N) is 4. The first-order chi connectivity index (χ1) is 14.9. The van der Waals surface area contributed by atoms with Gasteiger partial charge in [-0.3, -0.25) is 14.9 Å². The van der Waals surface area contributed by atoms with E-state index in [-0.39, 0.29) is 17.4 Å². The van der Waals surface area contributed by atoms with Crippen molar-refractivity contribution in [1.29, 1.82) is 0 Å². The van der Waals surface area contributed by atoms with Crippen LogP contribution in [0.5, 0.6) is 0 Å². The average molecular weight is 454 g/mol. The molecule has 1 unspecified atom stereocenters. The number of amides is 1. The Bertz CT molecular complexity index is 1240. The van der Waals surface area contributed by atoms with Crippen LogP contribution in [0, 0.1) is 17.0 Å². The SMILES string of the molecule is Cc1c(C(=O)NC(c2ccc(Cl)cc2)c2cccs2)nnn1-c1cccc([N+](=O)[O-])c1. The third-order valence-corrected chi connectivity index (χ3v) is 5.89. The van der Waals surface area contributed by atoms with E-state index in [0.29, 0.717) is 16.4 Å². The number of thiophene rings is 1. The molecule has 1 amide bonds. The molecule has 0 saturated heterocycles. The van der Waals surface area contributed by atoms with Crippen molar-refractivity contribution < 1.29 is 9.72 Å². The van der Waals surface area contributed by atoms with Gasteiger partial charge in [0.1, 0.15) is 0 Å². The van der Waals surface area contributed by atoms with Crippen molar-refractivity contribution in [3.63, 3.8) is 0 Å². The second-order valence-electron chi connectivity index (χ2n) is 6.69. The number of nitrogens with one attached hydrogen (secondary N) is 1. The summed E-state index contributed by atoms with van der Waals surface area (Å²) >= 11 is 7.53. The summed E-state index contributed by atoms with van der Waals surface area (Å²) in [6.07, 6.45) is 0. The summed E-state index contributed by atoms with van der Waals surface area (Å²) in [4.78, 5) is 24.6. The van der Waals surface area contributed by atoms with Gasteiger partial charge >= 0.3 is 0 Å². The van der Waals surface area contributed by atoms with Gasteiger partial charge in [-0.2, -0.15) is 0 Å². The van der Waals surface area contributed by atoms with Crippen molar-refractivity contribution in [2.45, 2.75) is 13.0 Å². The van der Waals surface area contributed by atoms with Crippen molar-refractivity contribution in [3.05, 3.63) is 103 Å². The van der Waals surface area contributed by atoms with Crippen molar-refractivity contribution in [2.24, 2.45) is 0 Å². The van der Waals surface area contributed by atoms with Crippen molar-refractivity contribution >= 4 is 34.5 Å². The van der Waals surface area contributed by atoms with Crippen LogP contribution in [0.3, 0.4) is 0 Å². The van der Waals surface area contributed by atoms with Crippen molar-refractivity contribution in [3.8, 4) is 5.69 Å². The Morgan fingerprint density at radius 1 is 1.19 bits per heavy atom. The van der Waals surface area contributed by atoms with Gasteiger partial charge in [-0.1, -0.05) is 41.1 Å². The van der Waals surface area contributed by atoms with E-state index in [1.54, 1.807) is 31.2 Å². The minimum Gasteiger partial charge on any atom is -0.339 e. The van der Waals surface area contributed by atoms with E-state index in [1.165, 1.54) is 28.2 Å². The molecule has 2 aromatic carbocycles. The maximum Gasteiger partial charge on any atom is 0.274 e. The molecule has 4 aromatic rings. The Morgan fingerprint density at radius 3 is 2.65 bits per heavy atom. The van der Waals surface area contributed by atoms with Crippen LogP contribution in [0.15, 0.2) is 66.0 Å². The second-order valence-corrected chi connectivity index (χ2v) is 8.10. The lowest BCUT2D eigenvalue weighted by molar-refractivity contribution is -0.384. The summed E-state index contributed by atoms with van der Waals surface area (Å²) in [5.74, 6) is -0.400. The zero-order valence-corrected chi connectivity index (χ0v) is 17.8. The zero-order valence-electron chi connectivity index (χ0n) is 16.2. The molecule has 0 saturated carbocycles. The molecule has 0 bridgehead atoms. The van der Waals surface area contributed by atoms with Gasteiger partial charge < -0.3 is 5.32 Å². The van der Waals surface area contributed by atoms with E-state index in [9.17, 15) is 14.9 Å².